The Kier molecular flexibility index (Phi) is 20.8. The van der Waals surface area contributed by atoms with Gasteiger partial charge in [-0.25, -0.2) is 4.79 Å². The van der Waals surface area contributed by atoms with Crippen LogP contribution >= 0.6 is 0 Å². The summed E-state index contributed by atoms with van der Waals surface area (Å²) in [6.45, 7) is 15.9. The molecule has 4 amide bonds. The number of carboxylic acid groups (broad SMARTS) is 1. The lowest BCUT2D eigenvalue weighted by Crippen LogP contribution is -2.58. The Bertz CT molecular complexity index is 1060. The minimum atomic E-state index is -1.30. The van der Waals surface area contributed by atoms with E-state index >= 15 is 0 Å². The van der Waals surface area contributed by atoms with Crippen molar-refractivity contribution >= 4 is 35.6 Å². The number of rotatable bonds is 18. The van der Waals surface area contributed by atoms with Crippen molar-refractivity contribution in [2.45, 2.75) is 176 Å². The van der Waals surface area contributed by atoms with Gasteiger partial charge in [-0.3, -0.25) is 24.0 Å². The molecule has 49 heavy (non-hydrogen) atoms. The molecule has 282 valence electrons. The molecule has 0 aromatic rings. The molecule has 1 aliphatic heterocycles. The number of aliphatic carboxylic acids is 1. The summed E-state index contributed by atoms with van der Waals surface area (Å²) in [5.41, 5.74) is 0. The molecule has 0 spiro atoms. The van der Waals surface area contributed by atoms with Gasteiger partial charge in [-0.15, -0.1) is 0 Å². The highest BCUT2D eigenvalue weighted by Crippen LogP contribution is 2.18. The topological polar surface area (TPSA) is 180 Å². The Morgan fingerprint density at radius 1 is 0.673 bits per heavy atom. The minimum absolute atomic E-state index is 0.0192. The number of nitrogens with one attached hydrogen (secondary N) is 4. The lowest BCUT2D eigenvalue weighted by molar-refractivity contribution is -0.155. The van der Waals surface area contributed by atoms with Crippen LogP contribution in [0, 0.1) is 23.7 Å². The van der Waals surface area contributed by atoms with E-state index in [4.69, 9.17) is 4.74 Å². The van der Waals surface area contributed by atoms with Crippen molar-refractivity contribution in [1.29, 1.82) is 0 Å². The zero-order valence-corrected chi connectivity index (χ0v) is 31.4. The molecule has 0 radical (unpaired) electrons. The van der Waals surface area contributed by atoms with Gasteiger partial charge in [0, 0.05) is 6.42 Å². The van der Waals surface area contributed by atoms with Gasteiger partial charge < -0.3 is 31.1 Å². The van der Waals surface area contributed by atoms with Crippen molar-refractivity contribution in [2.75, 3.05) is 0 Å². The predicted octanol–water partition coefficient (Wildman–Crippen LogP) is 5.02. The standard InChI is InChI=1S/C37H66N4O8/c1-9-26(8)15-13-11-10-12-14-16-27-22-32(42)38-29(19-23(2)3)34(45)40-31(21-25(6)7)36(47)41-30(20-24(4)5)35(46)39-28(37(48)49-27)17-18-33(43)44/h23-31H,9-22H2,1-8H3,(H,38,42)(H,39,46)(H,40,45)(H,41,47)(H,43,44)/t26?,27-,28+,29+,30+,31+/m1/s1. The zero-order valence-electron chi connectivity index (χ0n) is 31.4. The maximum Gasteiger partial charge on any atom is 0.328 e. The zero-order chi connectivity index (χ0) is 37.1. The van der Waals surface area contributed by atoms with Crippen molar-refractivity contribution in [2.24, 2.45) is 23.7 Å². The average Bonchev–Trinajstić information content (AvgIpc) is 2.99. The molecular formula is C37H66N4O8. The van der Waals surface area contributed by atoms with Crippen molar-refractivity contribution < 1.29 is 38.6 Å². The van der Waals surface area contributed by atoms with Gasteiger partial charge in [-0.2, -0.15) is 0 Å². The minimum Gasteiger partial charge on any atom is -0.481 e. The Labute approximate surface area is 294 Å². The molecule has 0 aromatic heterocycles. The van der Waals surface area contributed by atoms with Gasteiger partial charge in [0.05, 0.1) is 6.42 Å². The third-order valence-corrected chi connectivity index (χ3v) is 8.90. The van der Waals surface area contributed by atoms with Crippen LogP contribution in [-0.2, 0) is 33.5 Å². The quantitative estimate of drug-likeness (QED) is 0.0980. The number of ether oxygens (including phenoxy) is 1. The van der Waals surface area contributed by atoms with E-state index in [1.807, 2.05) is 41.5 Å². The molecule has 1 heterocycles. The number of hydrogen-bond acceptors (Lipinski definition) is 7. The highest BCUT2D eigenvalue weighted by atomic mass is 16.5. The first kappa shape index (κ1) is 43.8. The molecule has 0 aliphatic carbocycles. The summed E-state index contributed by atoms with van der Waals surface area (Å²) in [5, 5.41) is 20.4. The van der Waals surface area contributed by atoms with Crippen LogP contribution < -0.4 is 21.3 Å². The molecule has 1 fully saturated rings. The van der Waals surface area contributed by atoms with Gasteiger partial charge in [-0.05, 0) is 62.2 Å². The Balaban J connectivity index is 3.41. The second-order valence-corrected chi connectivity index (χ2v) is 15.2. The van der Waals surface area contributed by atoms with Crippen LogP contribution in [0.1, 0.15) is 145 Å². The summed E-state index contributed by atoms with van der Waals surface area (Å²) in [4.78, 5) is 79.2. The SMILES string of the molecule is CCC(C)CCCCCCC[C@@H]1CC(=O)N[C@@H](CC(C)C)C(=O)N[C@@H](CC(C)C)C(=O)N[C@@H](CC(C)C)C(=O)N[C@@H](CCC(=O)O)C(=O)O1. The summed E-state index contributed by atoms with van der Waals surface area (Å²) in [6.07, 6.45) is 6.79. The van der Waals surface area contributed by atoms with E-state index in [-0.39, 0.29) is 37.0 Å². The van der Waals surface area contributed by atoms with Crippen LogP contribution in [0.15, 0.2) is 0 Å². The van der Waals surface area contributed by atoms with Gasteiger partial charge in [-0.1, -0.05) is 93.9 Å². The summed E-state index contributed by atoms with van der Waals surface area (Å²) in [6, 6.07) is -4.24. The van der Waals surface area contributed by atoms with E-state index in [1.54, 1.807) is 0 Å². The lowest BCUT2D eigenvalue weighted by atomic mass is 9.98. The third kappa shape index (κ3) is 19.0. The van der Waals surface area contributed by atoms with E-state index in [0.29, 0.717) is 31.6 Å². The van der Waals surface area contributed by atoms with Crippen molar-refractivity contribution in [3.63, 3.8) is 0 Å². The molecular weight excluding hydrogens is 628 g/mol. The first-order chi connectivity index (χ1) is 23.0. The fourth-order valence-corrected chi connectivity index (χ4v) is 5.95. The van der Waals surface area contributed by atoms with Crippen LogP contribution in [0.3, 0.4) is 0 Å². The highest BCUT2D eigenvalue weighted by molar-refractivity contribution is 5.95. The predicted molar refractivity (Wildman–Crippen MR) is 189 cm³/mol. The summed E-state index contributed by atoms with van der Waals surface area (Å²) >= 11 is 0. The van der Waals surface area contributed by atoms with Gasteiger partial charge in [0.15, 0.2) is 0 Å². The monoisotopic (exact) mass is 694 g/mol. The number of carboxylic acids is 1. The summed E-state index contributed by atoms with van der Waals surface area (Å²) < 4.78 is 5.83. The van der Waals surface area contributed by atoms with Crippen LogP contribution in [0.2, 0.25) is 0 Å². The number of hydrogen-bond donors (Lipinski definition) is 5. The maximum absolute atomic E-state index is 13.6. The van der Waals surface area contributed by atoms with E-state index in [1.165, 1.54) is 6.42 Å². The first-order valence-electron chi connectivity index (χ1n) is 18.6. The molecule has 0 saturated carbocycles. The van der Waals surface area contributed by atoms with Gasteiger partial charge >= 0.3 is 11.9 Å². The smallest absolute Gasteiger partial charge is 0.328 e. The number of carbonyl (C=O) groups excluding carboxylic acids is 5. The van der Waals surface area contributed by atoms with Crippen LogP contribution in [0.5, 0.6) is 0 Å². The number of carbonyl (C=O) groups is 6. The van der Waals surface area contributed by atoms with E-state index in [0.717, 1.165) is 32.1 Å². The van der Waals surface area contributed by atoms with Crippen LogP contribution in [-0.4, -0.2) is 70.9 Å². The van der Waals surface area contributed by atoms with Crippen molar-refractivity contribution in [3.05, 3.63) is 0 Å². The number of amides is 4. The van der Waals surface area contributed by atoms with Gasteiger partial charge in [0.1, 0.15) is 30.3 Å². The highest BCUT2D eigenvalue weighted by Gasteiger charge is 2.34. The van der Waals surface area contributed by atoms with E-state index in [2.05, 4.69) is 35.1 Å². The maximum atomic E-state index is 13.6. The van der Waals surface area contributed by atoms with Gasteiger partial charge in [0.25, 0.3) is 0 Å². The molecule has 0 aromatic carbocycles. The fraction of sp³-hybridized carbons (Fsp3) is 0.838. The number of unbranched alkanes of at least 4 members (excludes halogenated alkanes) is 4. The molecule has 12 heteroatoms. The molecule has 1 aliphatic rings. The van der Waals surface area contributed by atoms with Crippen LogP contribution in [0.4, 0.5) is 0 Å². The average molecular weight is 695 g/mol. The summed E-state index contributed by atoms with van der Waals surface area (Å²) in [7, 11) is 0. The Morgan fingerprint density at radius 2 is 1.12 bits per heavy atom. The van der Waals surface area contributed by atoms with E-state index in [9.17, 15) is 33.9 Å². The molecule has 5 N–H and O–H groups in total. The Morgan fingerprint density at radius 3 is 1.59 bits per heavy atom. The molecule has 12 nitrogen and oxygen atoms in total. The second-order valence-electron chi connectivity index (χ2n) is 15.2. The molecule has 1 saturated heterocycles. The summed E-state index contributed by atoms with van der Waals surface area (Å²) in [5.74, 6) is -3.43. The molecule has 1 rings (SSSR count). The number of esters is 1. The van der Waals surface area contributed by atoms with E-state index < -0.39 is 72.3 Å². The Hall–Kier alpha value is -3.18. The fourth-order valence-electron chi connectivity index (χ4n) is 5.95. The molecule has 6 atom stereocenters. The normalized spacial score (nSPS) is 23.9. The van der Waals surface area contributed by atoms with Crippen molar-refractivity contribution in [1.82, 2.24) is 21.3 Å². The number of cyclic esters (lactones) is 1. The van der Waals surface area contributed by atoms with Crippen LogP contribution in [0.25, 0.3) is 0 Å². The molecule has 1 unspecified atom stereocenters. The van der Waals surface area contributed by atoms with Gasteiger partial charge in [0.2, 0.25) is 23.6 Å². The largest absolute Gasteiger partial charge is 0.481 e. The third-order valence-electron chi connectivity index (χ3n) is 8.90. The lowest BCUT2D eigenvalue weighted by Gasteiger charge is -2.29. The molecule has 0 bridgehead atoms. The van der Waals surface area contributed by atoms with Crippen molar-refractivity contribution in [3.8, 4) is 0 Å². The first-order valence-corrected chi connectivity index (χ1v) is 18.6. The second kappa shape index (κ2) is 23.3.